The molecule has 0 aliphatic carbocycles. The molecule has 0 spiro atoms. The number of carboxylic acids is 1. The van der Waals surface area contributed by atoms with Crippen molar-refractivity contribution in [2.24, 2.45) is 0 Å². The average molecular weight is 545 g/mol. The molecule has 0 amide bonds. The Morgan fingerprint density at radius 3 is 2.83 bits per heavy atom. The molecule has 0 saturated carbocycles. The Kier molecular flexibility index (Phi) is 9.41. The number of anilines is 2. The van der Waals surface area contributed by atoms with Crippen LogP contribution in [0.25, 0.3) is 11.1 Å². The third-order valence-corrected chi connectivity index (χ3v) is 7.03. The van der Waals surface area contributed by atoms with Crippen LogP contribution in [-0.2, 0) is 17.6 Å². The van der Waals surface area contributed by atoms with Gasteiger partial charge < -0.3 is 24.9 Å². The summed E-state index contributed by atoms with van der Waals surface area (Å²) in [5.41, 5.74) is 3.71. The van der Waals surface area contributed by atoms with Crippen LogP contribution in [-0.4, -0.2) is 69.8 Å². The first-order valence-corrected chi connectivity index (χ1v) is 14.0. The van der Waals surface area contributed by atoms with Crippen LogP contribution in [0.5, 0.6) is 5.88 Å². The summed E-state index contributed by atoms with van der Waals surface area (Å²) in [4.78, 5) is 27.7. The van der Waals surface area contributed by atoms with E-state index in [-0.39, 0.29) is 6.01 Å². The van der Waals surface area contributed by atoms with E-state index in [1.807, 2.05) is 42.5 Å². The van der Waals surface area contributed by atoms with E-state index in [1.54, 1.807) is 6.20 Å². The maximum atomic E-state index is 12.1. The van der Waals surface area contributed by atoms with Crippen molar-refractivity contribution in [2.45, 2.75) is 44.6 Å². The second-order valence-electron chi connectivity index (χ2n) is 9.97. The molecule has 0 radical (unpaired) electrons. The second kappa shape index (κ2) is 13.7. The van der Waals surface area contributed by atoms with Gasteiger partial charge in [-0.1, -0.05) is 24.3 Å². The Bertz CT molecular complexity index is 1350. The molecule has 1 aromatic carbocycles. The van der Waals surface area contributed by atoms with E-state index in [0.29, 0.717) is 43.1 Å². The van der Waals surface area contributed by atoms with Gasteiger partial charge >= 0.3 is 5.97 Å². The maximum Gasteiger partial charge on any atom is 0.326 e. The van der Waals surface area contributed by atoms with Crippen molar-refractivity contribution < 1.29 is 19.1 Å². The first-order chi connectivity index (χ1) is 19.6. The number of aliphatic carboxylic acids is 1. The Hall–Kier alpha value is -4.18. The first-order valence-electron chi connectivity index (χ1n) is 14.0. The monoisotopic (exact) mass is 544 g/mol. The van der Waals surface area contributed by atoms with Gasteiger partial charge in [0.2, 0.25) is 5.88 Å². The van der Waals surface area contributed by atoms with Crippen LogP contribution < -0.4 is 15.4 Å². The fraction of sp³-hybridized carbons (Fsp3) is 0.400. The zero-order valence-electron chi connectivity index (χ0n) is 22.6. The van der Waals surface area contributed by atoms with Gasteiger partial charge in [-0.3, -0.25) is 4.90 Å². The molecule has 3 aromatic heterocycles. The fourth-order valence-electron chi connectivity index (χ4n) is 4.85. The number of rotatable bonds is 15. The van der Waals surface area contributed by atoms with Crippen LogP contribution in [0.15, 0.2) is 65.2 Å². The number of carboxylic acid groups (broad SMARTS) is 1. The van der Waals surface area contributed by atoms with Gasteiger partial charge in [-0.2, -0.15) is 4.98 Å². The summed E-state index contributed by atoms with van der Waals surface area (Å²) in [6.07, 6.45) is 7.19. The number of carbonyl (C=O) groups is 1. The zero-order chi connectivity index (χ0) is 27.6. The number of ether oxygens (including phenoxy) is 1. The summed E-state index contributed by atoms with van der Waals surface area (Å²) >= 11 is 0. The molecular weight excluding hydrogens is 508 g/mol. The number of para-hydroxylation sites is 2. The molecule has 4 heterocycles. The van der Waals surface area contributed by atoms with Gasteiger partial charge in [0.1, 0.15) is 24.0 Å². The highest BCUT2D eigenvalue weighted by Crippen LogP contribution is 2.21. The Morgan fingerprint density at radius 1 is 1.07 bits per heavy atom. The van der Waals surface area contributed by atoms with E-state index in [1.165, 1.54) is 5.56 Å². The molecule has 3 N–H and O–H groups in total. The minimum Gasteiger partial charge on any atom is -0.480 e. The van der Waals surface area contributed by atoms with E-state index < -0.39 is 12.0 Å². The molecule has 0 fully saturated rings. The van der Waals surface area contributed by atoms with Crippen LogP contribution in [0.2, 0.25) is 0 Å². The molecule has 40 heavy (non-hydrogen) atoms. The summed E-state index contributed by atoms with van der Waals surface area (Å²) in [5.74, 6) is 0.665. The van der Waals surface area contributed by atoms with Crippen molar-refractivity contribution in [1.82, 2.24) is 19.9 Å². The highest BCUT2D eigenvalue weighted by molar-refractivity contribution is 5.78. The number of unbranched alkanes of at least 4 members (excludes halogenated alkanes) is 1. The van der Waals surface area contributed by atoms with Gasteiger partial charge in [-0.25, -0.2) is 14.8 Å². The summed E-state index contributed by atoms with van der Waals surface area (Å²) < 4.78 is 11.5. The third kappa shape index (κ3) is 7.69. The van der Waals surface area contributed by atoms with Crippen molar-refractivity contribution in [2.75, 3.05) is 43.4 Å². The van der Waals surface area contributed by atoms with Gasteiger partial charge in [-0.15, -0.1) is 0 Å². The summed E-state index contributed by atoms with van der Waals surface area (Å²) in [5, 5.41) is 16.2. The third-order valence-electron chi connectivity index (χ3n) is 7.03. The highest BCUT2D eigenvalue weighted by Gasteiger charge is 2.21. The predicted octanol–water partition coefficient (Wildman–Crippen LogP) is 4.64. The fourth-order valence-corrected chi connectivity index (χ4v) is 4.85. The van der Waals surface area contributed by atoms with Crippen LogP contribution >= 0.6 is 0 Å². The largest absolute Gasteiger partial charge is 0.480 e. The van der Waals surface area contributed by atoms with Crippen molar-refractivity contribution in [1.29, 1.82) is 0 Å². The van der Waals surface area contributed by atoms with Gasteiger partial charge in [0.15, 0.2) is 5.58 Å². The van der Waals surface area contributed by atoms with Crippen molar-refractivity contribution >= 4 is 28.9 Å². The number of hydrogen-bond acceptors (Lipinski definition) is 9. The SMILES string of the molecule is O=C(O)C(CCN(CCCCc1ccc2c(n1)NCCC2)CCOc1ccccn1)Nc1nc2ccccc2o1. The number of hydrogen-bond donors (Lipinski definition) is 3. The van der Waals surface area contributed by atoms with Crippen LogP contribution in [0.3, 0.4) is 0 Å². The van der Waals surface area contributed by atoms with E-state index in [2.05, 4.69) is 37.6 Å². The van der Waals surface area contributed by atoms with Crippen molar-refractivity contribution in [3.8, 4) is 5.88 Å². The average Bonchev–Trinajstić information content (AvgIpc) is 3.40. The molecular formula is C30H36N6O4. The summed E-state index contributed by atoms with van der Waals surface area (Å²) in [6, 6.07) is 16.6. The number of benzene rings is 1. The molecule has 210 valence electrons. The minimum absolute atomic E-state index is 0.214. The van der Waals surface area contributed by atoms with E-state index >= 15 is 0 Å². The van der Waals surface area contributed by atoms with Gasteiger partial charge in [0, 0.05) is 37.6 Å². The zero-order valence-corrected chi connectivity index (χ0v) is 22.6. The van der Waals surface area contributed by atoms with Crippen LogP contribution in [0.1, 0.15) is 36.9 Å². The molecule has 1 unspecified atom stereocenters. The van der Waals surface area contributed by atoms with E-state index in [0.717, 1.165) is 56.7 Å². The van der Waals surface area contributed by atoms with Crippen molar-refractivity contribution in [3.63, 3.8) is 0 Å². The molecule has 1 aliphatic heterocycles. The molecule has 4 aromatic rings. The lowest BCUT2D eigenvalue weighted by molar-refractivity contribution is -0.138. The summed E-state index contributed by atoms with van der Waals surface area (Å²) in [7, 11) is 0. The normalized spacial score (nSPS) is 13.5. The summed E-state index contributed by atoms with van der Waals surface area (Å²) in [6.45, 7) is 3.51. The minimum atomic E-state index is -0.945. The molecule has 1 aliphatic rings. The van der Waals surface area contributed by atoms with Crippen LogP contribution in [0, 0.1) is 0 Å². The van der Waals surface area contributed by atoms with Crippen molar-refractivity contribution in [3.05, 3.63) is 72.1 Å². The predicted molar refractivity (Wildman–Crippen MR) is 154 cm³/mol. The lowest BCUT2D eigenvalue weighted by Gasteiger charge is -2.24. The van der Waals surface area contributed by atoms with Crippen LogP contribution in [0.4, 0.5) is 11.8 Å². The number of nitrogens with zero attached hydrogens (tertiary/aromatic N) is 4. The molecule has 0 bridgehead atoms. The lowest BCUT2D eigenvalue weighted by Crippen LogP contribution is -2.37. The number of aryl methyl sites for hydroxylation is 2. The topological polar surface area (TPSA) is 126 Å². The molecule has 0 saturated heterocycles. The Morgan fingerprint density at radius 2 is 1.98 bits per heavy atom. The Balaban J connectivity index is 1.15. The number of aromatic nitrogens is 3. The van der Waals surface area contributed by atoms with Gasteiger partial charge in [0.25, 0.3) is 6.01 Å². The molecule has 10 heteroatoms. The maximum absolute atomic E-state index is 12.1. The van der Waals surface area contributed by atoms with E-state index in [9.17, 15) is 9.90 Å². The Labute approximate surface area is 233 Å². The number of oxazole rings is 1. The first kappa shape index (κ1) is 27.4. The number of fused-ring (bicyclic) bond motifs is 2. The van der Waals surface area contributed by atoms with Gasteiger partial charge in [0.05, 0.1) is 0 Å². The highest BCUT2D eigenvalue weighted by atomic mass is 16.5. The standard InChI is InChI=1S/C30H36N6O4/c37-29(38)25(35-30-34-24-10-1-2-11-26(24)40-30)15-19-36(20-21-39-27-12-3-5-16-31-27)18-6-4-9-23-14-13-22-8-7-17-32-28(22)33-23/h1-3,5,10-14,16,25H,4,6-9,15,17-21H2,(H,32,33)(H,34,35)(H,37,38). The number of pyridine rings is 2. The van der Waals surface area contributed by atoms with Gasteiger partial charge in [-0.05, 0) is 74.9 Å². The second-order valence-corrected chi connectivity index (χ2v) is 9.97. The molecule has 1 atom stereocenters. The quantitative estimate of drug-likeness (QED) is 0.182. The lowest BCUT2D eigenvalue weighted by atomic mass is 10.1. The number of nitrogens with one attached hydrogen (secondary N) is 2. The van der Waals surface area contributed by atoms with E-state index in [4.69, 9.17) is 14.1 Å². The molecule has 10 nitrogen and oxygen atoms in total. The molecule has 5 rings (SSSR count). The smallest absolute Gasteiger partial charge is 0.326 e.